The summed E-state index contributed by atoms with van der Waals surface area (Å²) in [5.41, 5.74) is 6.04. The molecule has 1 heterocycles. The standard InChI is InChI=1S/C14H25BrClN3S/c1-10(2)9-19(6-5-18(3)4)12(8-17)13-7-11(15)14(16)20-13/h7,10,12H,5-6,8-9,17H2,1-4H3. The van der Waals surface area contributed by atoms with Crippen molar-refractivity contribution in [3.63, 3.8) is 0 Å². The highest BCUT2D eigenvalue weighted by Crippen LogP contribution is 2.37. The van der Waals surface area contributed by atoms with Gasteiger partial charge in [-0.05, 0) is 42.0 Å². The molecule has 0 spiro atoms. The molecule has 0 saturated carbocycles. The number of nitrogens with two attached hydrogens (primary N) is 1. The van der Waals surface area contributed by atoms with E-state index < -0.39 is 0 Å². The van der Waals surface area contributed by atoms with Gasteiger partial charge in [0.05, 0.1) is 6.04 Å². The highest BCUT2D eigenvalue weighted by atomic mass is 79.9. The van der Waals surface area contributed by atoms with Crippen LogP contribution < -0.4 is 5.73 Å². The van der Waals surface area contributed by atoms with Crippen LogP contribution in [0, 0.1) is 5.92 Å². The highest BCUT2D eigenvalue weighted by Gasteiger charge is 2.22. The van der Waals surface area contributed by atoms with Gasteiger partial charge in [0, 0.05) is 35.5 Å². The molecule has 1 rings (SSSR count). The van der Waals surface area contributed by atoms with E-state index in [-0.39, 0.29) is 6.04 Å². The second-order valence-electron chi connectivity index (χ2n) is 5.71. The van der Waals surface area contributed by atoms with Gasteiger partial charge in [-0.15, -0.1) is 11.3 Å². The normalized spacial score (nSPS) is 13.7. The maximum atomic E-state index is 6.17. The largest absolute Gasteiger partial charge is 0.329 e. The van der Waals surface area contributed by atoms with Gasteiger partial charge < -0.3 is 10.6 Å². The Labute approximate surface area is 140 Å². The second kappa shape index (κ2) is 8.71. The molecule has 1 aromatic heterocycles. The van der Waals surface area contributed by atoms with Crippen LogP contribution in [0.3, 0.4) is 0 Å². The van der Waals surface area contributed by atoms with Crippen molar-refractivity contribution in [2.45, 2.75) is 19.9 Å². The van der Waals surface area contributed by atoms with E-state index in [9.17, 15) is 0 Å². The van der Waals surface area contributed by atoms with Crippen molar-refractivity contribution < 1.29 is 0 Å². The lowest BCUT2D eigenvalue weighted by molar-refractivity contribution is 0.166. The van der Waals surface area contributed by atoms with E-state index in [0.29, 0.717) is 12.5 Å². The molecule has 0 aliphatic rings. The minimum Gasteiger partial charge on any atom is -0.329 e. The zero-order valence-corrected chi connectivity index (χ0v) is 15.9. The van der Waals surface area contributed by atoms with Crippen LogP contribution in [0.2, 0.25) is 4.34 Å². The number of likely N-dealkylation sites (N-methyl/N-ethyl adjacent to an activating group) is 1. The number of thiophene rings is 1. The van der Waals surface area contributed by atoms with Gasteiger partial charge in [-0.2, -0.15) is 0 Å². The Balaban J connectivity index is 2.88. The van der Waals surface area contributed by atoms with Gasteiger partial charge in [0.1, 0.15) is 4.34 Å². The molecule has 0 amide bonds. The quantitative estimate of drug-likeness (QED) is 0.744. The van der Waals surface area contributed by atoms with Crippen LogP contribution in [0.1, 0.15) is 24.8 Å². The number of nitrogens with zero attached hydrogens (tertiary/aromatic N) is 2. The first-order chi connectivity index (χ1) is 9.35. The van der Waals surface area contributed by atoms with Crippen molar-refractivity contribution in [2.75, 3.05) is 40.3 Å². The van der Waals surface area contributed by atoms with Crippen molar-refractivity contribution in [1.29, 1.82) is 0 Å². The van der Waals surface area contributed by atoms with Crippen LogP contribution in [0.15, 0.2) is 10.5 Å². The Kier molecular flexibility index (Phi) is 8.01. The molecule has 6 heteroatoms. The predicted molar refractivity (Wildman–Crippen MR) is 93.8 cm³/mol. The monoisotopic (exact) mass is 381 g/mol. The van der Waals surface area contributed by atoms with Gasteiger partial charge >= 0.3 is 0 Å². The third-order valence-electron chi connectivity index (χ3n) is 3.09. The number of hydrogen-bond acceptors (Lipinski definition) is 4. The highest BCUT2D eigenvalue weighted by molar-refractivity contribution is 9.10. The summed E-state index contributed by atoms with van der Waals surface area (Å²) in [5, 5.41) is 0. The van der Waals surface area contributed by atoms with Crippen molar-refractivity contribution in [3.05, 3.63) is 19.8 Å². The first kappa shape index (κ1) is 18.4. The third-order valence-corrected chi connectivity index (χ3v) is 5.67. The fraction of sp³-hybridized carbons (Fsp3) is 0.714. The maximum absolute atomic E-state index is 6.17. The fourth-order valence-electron chi connectivity index (χ4n) is 2.14. The Morgan fingerprint density at radius 3 is 2.40 bits per heavy atom. The van der Waals surface area contributed by atoms with Crippen LogP contribution in [0.4, 0.5) is 0 Å². The van der Waals surface area contributed by atoms with Crippen molar-refractivity contribution >= 4 is 38.9 Å². The average molecular weight is 383 g/mol. The van der Waals surface area contributed by atoms with Gasteiger partial charge in [0.15, 0.2) is 0 Å². The lowest BCUT2D eigenvalue weighted by Gasteiger charge is -2.32. The van der Waals surface area contributed by atoms with Crippen LogP contribution in [-0.4, -0.2) is 50.1 Å². The van der Waals surface area contributed by atoms with Crippen LogP contribution in [0.5, 0.6) is 0 Å². The smallest absolute Gasteiger partial charge is 0.107 e. The van der Waals surface area contributed by atoms with Crippen LogP contribution in [0.25, 0.3) is 0 Å². The molecule has 1 aromatic rings. The average Bonchev–Trinajstić information content (AvgIpc) is 2.66. The van der Waals surface area contributed by atoms with Gasteiger partial charge in [-0.3, -0.25) is 4.90 Å². The second-order valence-corrected chi connectivity index (χ2v) is 8.25. The molecular weight excluding hydrogens is 358 g/mol. The molecule has 1 atom stereocenters. The van der Waals surface area contributed by atoms with Gasteiger partial charge in [0.25, 0.3) is 0 Å². The maximum Gasteiger partial charge on any atom is 0.107 e. The summed E-state index contributed by atoms with van der Waals surface area (Å²) in [6, 6.07) is 2.35. The molecule has 0 radical (unpaired) electrons. The summed E-state index contributed by atoms with van der Waals surface area (Å²) in [6.45, 7) is 8.19. The zero-order valence-electron chi connectivity index (χ0n) is 12.7. The van der Waals surface area contributed by atoms with Crippen molar-refractivity contribution in [3.8, 4) is 0 Å². The minimum atomic E-state index is 0.242. The van der Waals surface area contributed by atoms with Gasteiger partial charge in [-0.1, -0.05) is 25.4 Å². The zero-order chi connectivity index (χ0) is 15.3. The molecule has 2 N–H and O–H groups in total. The molecule has 0 fully saturated rings. The summed E-state index contributed by atoms with van der Waals surface area (Å²) in [5.74, 6) is 0.616. The van der Waals surface area contributed by atoms with E-state index in [1.807, 2.05) is 0 Å². The summed E-state index contributed by atoms with van der Waals surface area (Å²) in [6.07, 6.45) is 0. The van der Waals surface area contributed by atoms with Crippen LogP contribution >= 0.6 is 38.9 Å². The van der Waals surface area contributed by atoms with E-state index in [0.717, 1.165) is 28.4 Å². The first-order valence-corrected chi connectivity index (χ1v) is 8.87. The molecule has 20 heavy (non-hydrogen) atoms. The number of hydrogen-bond donors (Lipinski definition) is 1. The van der Waals surface area contributed by atoms with E-state index in [4.69, 9.17) is 17.3 Å². The van der Waals surface area contributed by atoms with Crippen LogP contribution in [-0.2, 0) is 0 Å². The van der Waals surface area contributed by atoms with E-state index in [1.54, 1.807) is 11.3 Å². The Morgan fingerprint density at radius 2 is 2.00 bits per heavy atom. The molecule has 0 saturated heterocycles. The third kappa shape index (κ3) is 5.62. The molecule has 1 unspecified atom stereocenters. The molecule has 0 aromatic carbocycles. The molecule has 116 valence electrons. The predicted octanol–water partition coefficient (Wildman–Crippen LogP) is 3.68. The molecular formula is C14H25BrClN3S. The number of halogens is 2. The topological polar surface area (TPSA) is 32.5 Å². The first-order valence-electron chi connectivity index (χ1n) is 6.88. The summed E-state index contributed by atoms with van der Waals surface area (Å²) in [4.78, 5) is 5.92. The SMILES string of the molecule is CC(C)CN(CCN(C)C)C(CN)c1cc(Br)c(Cl)s1. The van der Waals surface area contributed by atoms with Gasteiger partial charge in [-0.25, -0.2) is 0 Å². The minimum absolute atomic E-state index is 0.242. The summed E-state index contributed by atoms with van der Waals surface area (Å²) >= 11 is 11.3. The van der Waals surface area contributed by atoms with Crippen molar-refractivity contribution in [1.82, 2.24) is 9.80 Å². The molecule has 0 bridgehead atoms. The van der Waals surface area contributed by atoms with E-state index in [2.05, 4.69) is 59.7 Å². The Morgan fingerprint density at radius 1 is 1.35 bits per heavy atom. The summed E-state index contributed by atoms with van der Waals surface area (Å²) in [7, 11) is 4.20. The Hall–Kier alpha value is 0.350. The summed E-state index contributed by atoms with van der Waals surface area (Å²) < 4.78 is 1.77. The van der Waals surface area contributed by atoms with E-state index >= 15 is 0 Å². The van der Waals surface area contributed by atoms with Crippen molar-refractivity contribution in [2.24, 2.45) is 11.7 Å². The molecule has 0 aliphatic heterocycles. The lowest BCUT2D eigenvalue weighted by Crippen LogP contribution is -2.40. The molecule has 3 nitrogen and oxygen atoms in total. The van der Waals surface area contributed by atoms with Gasteiger partial charge in [0.2, 0.25) is 0 Å². The fourth-order valence-corrected chi connectivity index (χ4v) is 4.03. The molecule has 0 aliphatic carbocycles. The Bertz CT molecular complexity index is 390. The lowest BCUT2D eigenvalue weighted by atomic mass is 10.1. The van der Waals surface area contributed by atoms with E-state index in [1.165, 1.54) is 4.88 Å². The number of rotatable bonds is 8.